The summed E-state index contributed by atoms with van der Waals surface area (Å²) in [6, 6.07) is 1.60. The van der Waals surface area contributed by atoms with Gasteiger partial charge in [-0.1, -0.05) is 6.92 Å². The Bertz CT molecular complexity index is 658. The molecule has 2 rings (SSSR count). The summed E-state index contributed by atoms with van der Waals surface area (Å²) < 4.78 is 1.75. The van der Waals surface area contributed by atoms with E-state index in [0.29, 0.717) is 23.1 Å². The third-order valence-corrected chi connectivity index (χ3v) is 3.82. The Hall–Kier alpha value is -2.00. The van der Waals surface area contributed by atoms with Gasteiger partial charge in [-0.25, -0.2) is 4.98 Å². The number of rotatable bonds is 6. The predicted octanol–water partition coefficient (Wildman–Crippen LogP) is 1.94. The topological polar surface area (TPSA) is 107 Å². The first-order chi connectivity index (χ1) is 10.1. The lowest BCUT2D eigenvalue weighted by Gasteiger charge is -2.07. The van der Waals surface area contributed by atoms with Crippen LogP contribution in [0, 0.1) is 17.0 Å². The summed E-state index contributed by atoms with van der Waals surface area (Å²) in [7, 11) is 0. The lowest BCUT2D eigenvalue weighted by atomic mass is 10.3. The molecule has 0 spiro atoms. The zero-order chi connectivity index (χ0) is 15.4. The van der Waals surface area contributed by atoms with Gasteiger partial charge in [0.2, 0.25) is 0 Å². The molecule has 0 amide bonds. The van der Waals surface area contributed by atoms with E-state index in [9.17, 15) is 15.2 Å². The van der Waals surface area contributed by atoms with Gasteiger partial charge in [0.25, 0.3) is 0 Å². The van der Waals surface area contributed by atoms with Crippen LogP contribution in [-0.4, -0.2) is 29.8 Å². The first-order valence-corrected chi connectivity index (χ1v) is 7.20. The molecule has 0 radical (unpaired) electrons. The van der Waals surface area contributed by atoms with Gasteiger partial charge < -0.3 is 9.67 Å². The van der Waals surface area contributed by atoms with Crippen molar-refractivity contribution in [2.75, 3.05) is 0 Å². The molecular formula is C12H15N5O3S. The monoisotopic (exact) mass is 309 g/mol. The Morgan fingerprint density at radius 1 is 1.48 bits per heavy atom. The molecule has 0 fully saturated rings. The molecule has 1 N–H and O–H groups in total. The van der Waals surface area contributed by atoms with E-state index < -0.39 is 4.92 Å². The van der Waals surface area contributed by atoms with Crippen LogP contribution in [0.3, 0.4) is 0 Å². The fourth-order valence-corrected chi connectivity index (χ4v) is 2.88. The Kier molecular flexibility index (Phi) is 4.86. The number of aromatic nitrogens is 4. The number of hydrogen-bond donors (Lipinski definition) is 1. The van der Waals surface area contributed by atoms with Crippen molar-refractivity contribution in [3.05, 3.63) is 33.8 Å². The van der Waals surface area contributed by atoms with Gasteiger partial charge in [0, 0.05) is 18.3 Å². The van der Waals surface area contributed by atoms with Crippen LogP contribution in [0.5, 0.6) is 0 Å². The van der Waals surface area contributed by atoms with Crippen LogP contribution in [0.4, 0.5) is 5.69 Å². The van der Waals surface area contributed by atoms with Gasteiger partial charge in [-0.2, -0.15) is 0 Å². The summed E-state index contributed by atoms with van der Waals surface area (Å²) >= 11 is 1.08. The van der Waals surface area contributed by atoms with E-state index in [1.807, 2.05) is 6.92 Å². The molecule has 2 heterocycles. The third kappa shape index (κ3) is 3.19. The lowest BCUT2D eigenvalue weighted by molar-refractivity contribution is -0.388. The molecule has 0 aliphatic carbocycles. The second kappa shape index (κ2) is 6.64. The fraction of sp³-hybridized carbons (Fsp3) is 0.417. The van der Waals surface area contributed by atoms with Crippen molar-refractivity contribution in [2.45, 2.75) is 43.6 Å². The Labute approximate surface area is 125 Å². The van der Waals surface area contributed by atoms with Gasteiger partial charge in [0.15, 0.2) is 16.0 Å². The fourth-order valence-electron chi connectivity index (χ4n) is 1.87. The minimum atomic E-state index is -0.446. The zero-order valence-electron chi connectivity index (χ0n) is 11.7. The molecule has 0 aliphatic heterocycles. The Balaban J connectivity index is 2.41. The number of nitrogens with zero attached hydrogens (tertiary/aromatic N) is 5. The molecule has 112 valence electrons. The van der Waals surface area contributed by atoms with Gasteiger partial charge >= 0.3 is 5.69 Å². The van der Waals surface area contributed by atoms with E-state index >= 15 is 0 Å². The maximum absolute atomic E-state index is 11.2. The molecule has 2 aromatic heterocycles. The van der Waals surface area contributed by atoms with Gasteiger partial charge in [0.1, 0.15) is 6.61 Å². The maximum Gasteiger partial charge on any atom is 0.304 e. The number of aryl methyl sites for hydroxylation is 1. The average molecular weight is 309 g/mol. The molecule has 2 aromatic rings. The first-order valence-electron chi connectivity index (χ1n) is 6.39. The van der Waals surface area contributed by atoms with Crippen LogP contribution >= 0.6 is 11.8 Å². The van der Waals surface area contributed by atoms with Gasteiger partial charge in [0.05, 0.1) is 4.92 Å². The summed E-state index contributed by atoms with van der Waals surface area (Å²) in [4.78, 5) is 14.8. The average Bonchev–Trinajstić information content (AvgIpc) is 2.81. The molecule has 0 atom stereocenters. The number of aliphatic hydroxyl groups is 1. The van der Waals surface area contributed by atoms with Crippen LogP contribution in [0.15, 0.2) is 22.4 Å². The van der Waals surface area contributed by atoms with Crippen molar-refractivity contribution in [3.8, 4) is 0 Å². The van der Waals surface area contributed by atoms with E-state index in [0.717, 1.165) is 18.2 Å². The molecule has 21 heavy (non-hydrogen) atoms. The van der Waals surface area contributed by atoms with E-state index in [4.69, 9.17) is 0 Å². The number of hydrogen-bond acceptors (Lipinski definition) is 7. The summed E-state index contributed by atoms with van der Waals surface area (Å²) in [5.74, 6) is 0.439. The van der Waals surface area contributed by atoms with Crippen molar-refractivity contribution in [3.63, 3.8) is 0 Å². The van der Waals surface area contributed by atoms with Crippen molar-refractivity contribution in [1.29, 1.82) is 0 Å². The normalized spacial score (nSPS) is 10.8. The highest BCUT2D eigenvalue weighted by atomic mass is 32.2. The van der Waals surface area contributed by atoms with Crippen LogP contribution < -0.4 is 0 Å². The van der Waals surface area contributed by atoms with Crippen molar-refractivity contribution >= 4 is 17.4 Å². The molecule has 0 aliphatic rings. The summed E-state index contributed by atoms with van der Waals surface area (Å²) in [6.07, 6.45) is 2.36. The molecule has 8 nitrogen and oxygen atoms in total. The van der Waals surface area contributed by atoms with Crippen molar-refractivity contribution in [2.24, 2.45) is 0 Å². The first kappa shape index (κ1) is 15.4. The van der Waals surface area contributed by atoms with Crippen molar-refractivity contribution in [1.82, 2.24) is 19.7 Å². The lowest BCUT2D eigenvalue weighted by Crippen LogP contribution is -2.05. The smallest absolute Gasteiger partial charge is 0.304 e. The standard InChI is InChI=1S/C12H15N5O3S/c1-3-6-16-9(7-18)14-15-12(16)21-11-10(17(19)20)8(2)4-5-13-11/h4-5,18H,3,6-7H2,1-2H3. The van der Waals surface area contributed by atoms with Gasteiger partial charge in [-0.05, 0) is 31.2 Å². The quantitative estimate of drug-likeness (QED) is 0.641. The number of aliphatic hydroxyl groups excluding tert-OH is 1. The van der Waals surface area contributed by atoms with Crippen LogP contribution in [0.2, 0.25) is 0 Å². The molecule has 0 unspecified atom stereocenters. The van der Waals surface area contributed by atoms with E-state index in [1.54, 1.807) is 17.6 Å². The van der Waals surface area contributed by atoms with Gasteiger partial charge in [-0.15, -0.1) is 10.2 Å². The van der Waals surface area contributed by atoms with E-state index in [2.05, 4.69) is 15.2 Å². The van der Waals surface area contributed by atoms with Crippen LogP contribution in [0.1, 0.15) is 24.7 Å². The zero-order valence-corrected chi connectivity index (χ0v) is 12.5. The van der Waals surface area contributed by atoms with Crippen molar-refractivity contribution < 1.29 is 10.0 Å². The maximum atomic E-state index is 11.2. The third-order valence-electron chi connectivity index (χ3n) is 2.85. The Morgan fingerprint density at radius 3 is 2.86 bits per heavy atom. The van der Waals surface area contributed by atoms with Gasteiger partial charge in [-0.3, -0.25) is 10.1 Å². The molecule has 0 aromatic carbocycles. The van der Waals surface area contributed by atoms with E-state index in [1.165, 1.54) is 6.20 Å². The minimum Gasteiger partial charge on any atom is -0.388 e. The summed E-state index contributed by atoms with van der Waals surface area (Å²) in [6.45, 7) is 4.06. The van der Waals surface area contributed by atoms with Crippen LogP contribution in [-0.2, 0) is 13.2 Å². The molecule has 0 saturated heterocycles. The summed E-state index contributed by atoms with van der Waals surface area (Å²) in [5, 5.41) is 29.1. The molecule has 0 saturated carbocycles. The SMILES string of the molecule is CCCn1c(CO)nnc1Sc1nccc(C)c1[N+](=O)[O-]. The number of pyridine rings is 1. The molecule has 0 bridgehead atoms. The predicted molar refractivity (Wildman–Crippen MR) is 76.0 cm³/mol. The summed E-state index contributed by atoms with van der Waals surface area (Å²) in [5.41, 5.74) is 0.514. The van der Waals surface area contributed by atoms with Crippen LogP contribution in [0.25, 0.3) is 0 Å². The minimum absolute atomic E-state index is 0.0286. The highest BCUT2D eigenvalue weighted by Crippen LogP contribution is 2.34. The highest BCUT2D eigenvalue weighted by Gasteiger charge is 2.22. The Morgan fingerprint density at radius 2 is 2.24 bits per heavy atom. The number of nitro groups is 1. The highest BCUT2D eigenvalue weighted by molar-refractivity contribution is 7.99. The second-order valence-electron chi connectivity index (χ2n) is 4.35. The molecular weight excluding hydrogens is 294 g/mol. The second-order valence-corrected chi connectivity index (χ2v) is 5.31. The van der Waals surface area contributed by atoms with E-state index in [-0.39, 0.29) is 17.3 Å². The largest absolute Gasteiger partial charge is 0.388 e. The molecule has 9 heteroatoms.